The highest BCUT2D eigenvalue weighted by Crippen LogP contribution is 2.28. The van der Waals surface area contributed by atoms with E-state index in [4.69, 9.17) is 4.74 Å². The van der Waals surface area contributed by atoms with E-state index in [9.17, 15) is 4.79 Å². The summed E-state index contributed by atoms with van der Waals surface area (Å²) >= 11 is 1.48. The van der Waals surface area contributed by atoms with Gasteiger partial charge in [-0.3, -0.25) is 0 Å². The van der Waals surface area contributed by atoms with Crippen molar-refractivity contribution >= 4 is 22.4 Å². The van der Waals surface area contributed by atoms with Crippen molar-refractivity contribution in [2.45, 2.75) is 33.2 Å². The summed E-state index contributed by atoms with van der Waals surface area (Å²) in [5, 5.41) is 4.16. The molecular formula is C16H20N2O2S. The highest BCUT2D eigenvalue weighted by molar-refractivity contribution is 7.15. The van der Waals surface area contributed by atoms with Crippen LogP contribution in [-0.2, 0) is 4.74 Å². The van der Waals surface area contributed by atoms with Gasteiger partial charge in [0.1, 0.15) is 0 Å². The molecule has 0 aliphatic rings. The molecule has 0 spiro atoms. The normalized spacial score (nSPS) is 12.0. The van der Waals surface area contributed by atoms with Gasteiger partial charge in [0.15, 0.2) is 10.8 Å². The molecule has 1 atom stereocenters. The average Bonchev–Trinajstić information content (AvgIpc) is 2.87. The Balaban J connectivity index is 2.15. The molecule has 112 valence electrons. The molecule has 1 N–H and O–H groups in total. The van der Waals surface area contributed by atoms with Crippen LogP contribution in [0.5, 0.6) is 0 Å². The summed E-state index contributed by atoms with van der Waals surface area (Å²) in [6.45, 7) is 6.16. The predicted octanol–water partition coefficient (Wildman–Crippen LogP) is 4.19. The second kappa shape index (κ2) is 7.22. The Kier molecular flexibility index (Phi) is 5.33. The number of rotatable bonds is 6. The lowest BCUT2D eigenvalue weighted by atomic mass is 10.1. The molecule has 1 aromatic heterocycles. The van der Waals surface area contributed by atoms with E-state index >= 15 is 0 Å². The number of benzene rings is 1. The van der Waals surface area contributed by atoms with Crippen LogP contribution >= 0.6 is 11.3 Å². The average molecular weight is 304 g/mol. The smallest absolute Gasteiger partial charge is 0.358 e. The zero-order valence-corrected chi connectivity index (χ0v) is 13.4. The number of anilines is 1. The summed E-state index contributed by atoms with van der Waals surface area (Å²) in [6.07, 6.45) is 0.942. The first-order valence-electron chi connectivity index (χ1n) is 7.11. The number of hydrogen-bond acceptors (Lipinski definition) is 5. The van der Waals surface area contributed by atoms with Crippen molar-refractivity contribution in [2.24, 2.45) is 0 Å². The topological polar surface area (TPSA) is 51.2 Å². The molecule has 0 bridgehead atoms. The molecule has 0 fully saturated rings. The van der Waals surface area contributed by atoms with E-state index in [-0.39, 0.29) is 12.0 Å². The van der Waals surface area contributed by atoms with Crippen molar-refractivity contribution in [2.75, 3.05) is 11.9 Å². The number of esters is 1. The molecule has 21 heavy (non-hydrogen) atoms. The predicted molar refractivity (Wildman–Crippen MR) is 85.9 cm³/mol. The van der Waals surface area contributed by atoms with Gasteiger partial charge in [-0.2, -0.15) is 0 Å². The maximum atomic E-state index is 11.8. The molecule has 5 heteroatoms. The maximum absolute atomic E-state index is 11.8. The van der Waals surface area contributed by atoms with Crippen molar-refractivity contribution < 1.29 is 9.53 Å². The molecule has 1 unspecified atom stereocenters. The van der Waals surface area contributed by atoms with Gasteiger partial charge in [0.2, 0.25) is 0 Å². The second-order valence-corrected chi connectivity index (χ2v) is 5.86. The van der Waals surface area contributed by atoms with Gasteiger partial charge >= 0.3 is 5.97 Å². The standard InChI is InChI=1S/C16H20N2O2S/c1-4-13(12-9-7-6-8-10-12)17-16-18-14(11(3)21-16)15(19)20-5-2/h6-10,13H,4-5H2,1-3H3,(H,17,18). The first kappa shape index (κ1) is 15.5. The van der Waals surface area contributed by atoms with Gasteiger partial charge in [-0.05, 0) is 25.8 Å². The number of nitrogens with zero attached hydrogens (tertiary/aromatic N) is 1. The minimum absolute atomic E-state index is 0.187. The molecule has 1 heterocycles. The highest BCUT2D eigenvalue weighted by atomic mass is 32.1. The van der Waals surface area contributed by atoms with Gasteiger partial charge in [-0.25, -0.2) is 9.78 Å². The molecule has 0 aliphatic carbocycles. The summed E-state index contributed by atoms with van der Waals surface area (Å²) in [5.41, 5.74) is 1.62. The van der Waals surface area contributed by atoms with E-state index in [1.54, 1.807) is 6.92 Å². The number of aryl methyl sites for hydroxylation is 1. The second-order valence-electron chi connectivity index (χ2n) is 4.66. The third-order valence-electron chi connectivity index (χ3n) is 3.17. The molecule has 2 aromatic rings. The minimum atomic E-state index is -0.355. The van der Waals surface area contributed by atoms with E-state index < -0.39 is 0 Å². The van der Waals surface area contributed by atoms with E-state index in [1.165, 1.54) is 16.9 Å². The lowest BCUT2D eigenvalue weighted by Crippen LogP contribution is -2.10. The van der Waals surface area contributed by atoms with Gasteiger partial charge in [0.05, 0.1) is 12.6 Å². The van der Waals surface area contributed by atoms with Crippen molar-refractivity contribution in [3.05, 3.63) is 46.5 Å². The molecular weight excluding hydrogens is 284 g/mol. The fourth-order valence-electron chi connectivity index (χ4n) is 2.10. The number of carbonyl (C=O) groups excluding carboxylic acids is 1. The number of carbonyl (C=O) groups is 1. The van der Waals surface area contributed by atoms with Crippen LogP contribution in [0.3, 0.4) is 0 Å². The Bertz CT molecular complexity index is 596. The third kappa shape index (κ3) is 3.82. The molecule has 0 radical (unpaired) electrons. The Morgan fingerprint density at radius 1 is 1.33 bits per heavy atom. The number of ether oxygens (including phenoxy) is 1. The Labute approximate surface area is 129 Å². The lowest BCUT2D eigenvalue weighted by Gasteiger charge is -2.16. The summed E-state index contributed by atoms with van der Waals surface area (Å²) in [6, 6.07) is 10.4. The Hall–Kier alpha value is -1.88. The van der Waals surface area contributed by atoms with Crippen molar-refractivity contribution in [1.29, 1.82) is 0 Å². The molecule has 0 aliphatic heterocycles. The van der Waals surface area contributed by atoms with Gasteiger partial charge in [-0.1, -0.05) is 37.3 Å². The summed E-state index contributed by atoms with van der Waals surface area (Å²) in [5.74, 6) is -0.355. The van der Waals surface area contributed by atoms with Crippen molar-refractivity contribution in [3.8, 4) is 0 Å². The van der Waals surface area contributed by atoms with Crippen molar-refractivity contribution in [1.82, 2.24) is 4.98 Å². The molecule has 0 saturated carbocycles. The molecule has 0 amide bonds. The van der Waals surface area contributed by atoms with Crippen LogP contribution in [0.15, 0.2) is 30.3 Å². The third-order valence-corrected chi connectivity index (χ3v) is 4.08. The van der Waals surface area contributed by atoms with Crippen LogP contribution in [0.25, 0.3) is 0 Å². The van der Waals surface area contributed by atoms with Gasteiger partial charge < -0.3 is 10.1 Å². The zero-order valence-electron chi connectivity index (χ0n) is 12.6. The largest absolute Gasteiger partial charge is 0.461 e. The van der Waals surface area contributed by atoms with Crippen molar-refractivity contribution in [3.63, 3.8) is 0 Å². The summed E-state index contributed by atoms with van der Waals surface area (Å²) < 4.78 is 5.02. The first-order valence-corrected chi connectivity index (χ1v) is 7.93. The summed E-state index contributed by atoms with van der Waals surface area (Å²) in [7, 11) is 0. The van der Waals surface area contributed by atoms with Gasteiger partial charge in [0, 0.05) is 4.88 Å². The minimum Gasteiger partial charge on any atom is -0.461 e. The Morgan fingerprint density at radius 2 is 2.05 bits per heavy atom. The number of hydrogen-bond donors (Lipinski definition) is 1. The van der Waals surface area contributed by atoms with Crippen LogP contribution in [0.4, 0.5) is 5.13 Å². The van der Waals surface area contributed by atoms with E-state index in [2.05, 4.69) is 29.4 Å². The fourth-order valence-corrected chi connectivity index (χ4v) is 2.96. The highest BCUT2D eigenvalue weighted by Gasteiger charge is 2.18. The molecule has 4 nitrogen and oxygen atoms in total. The monoisotopic (exact) mass is 304 g/mol. The number of aromatic nitrogens is 1. The number of nitrogens with one attached hydrogen (secondary N) is 1. The van der Waals surface area contributed by atoms with Gasteiger partial charge in [-0.15, -0.1) is 11.3 Å². The summed E-state index contributed by atoms with van der Waals surface area (Å²) in [4.78, 5) is 17.0. The van der Waals surface area contributed by atoms with E-state index in [0.717, 1.165) is 16.4 Å². The SMILES string of the molecule is CCOC(=O)c1nc(NC(CC)c2ccccc2)sc1C. The molecule has 2 rings (SSSR count). The lowest BCUT2D eigenvalue weighted by molar-refractivity contribution is 0.0519. The quantitative estimate of drug-likeness (QED) is 0.813. The van der Waals surface area contributed by atoms with E-state index in [0.29, 0.717) is 12.3 Å². The van der Waals surface area contributed by atoms with Crippen LogP contribution in [0, 0.1) is 6.92 Å². The molecule has 1 aromatic carbocycles. The van der Waals surface area contributed by atoms with Gasteiger partial charge in [0.25, 0.3) is 0 Å². The Morgan fingerprint density at radius 3 is 2.67 bits per heavy atom. The van der Waals surface area contributed by atoms with Crippen LogP contribution in [0.2, 0.25) is 0 Å². The first-order chi connectivity index (χ1) is 10.2. The van der Waals surface area contributed by atoms with E-state index in [1.807, 2.05) is 25.1 Å². The maximum Gasteiger partial charge on any atom is 0.358 e. The van der Waals surface area contributed by atoms with Crippen LogP contribution in [-0.4, -0.2) is 17.6 Å². The zero-order chi connectivity index (χ0) is 15.2. The molecule has 0 saturated heterocycles. The van der Waals surface area contributed by atoms with Crippen LogP contribution in [0.1, 0.15) is 47.2 Å². The fraction of sp³-hybridized carbons (Fsp3) is 0.375. The number of thiazole rings is 1. The van der Waals surface area contributed by atoms with Crippen LogP contribution < -0.4 is 5.32 Å².